The molecule has 78 valence electrons. The van der Waals surface area contributed by atoms with Crippen molar-refractivity contribution in [1.29, 1.82) is 0 Å². The molecule has 0 saturated carbocycles. The van der Waals surface area contributed by atoms with Gasteiger partial charge in [-0.2, -0.15) is 0 Å². The van der Waals surface area contributed by atoms with Crippen LogP contribution in [0.25, 0.3) is 10.9 Å². The first kappa shape index (κ1) is 10.4. The van der Waals surface area contributed by atoms with E-state index in [0.717, 1.165) is 35.0 Å². The van der Waals surface area contributed by atoms with Gasteiger partial charge >= 0.3 is 0 Å². The van der Waals surface area contributed by atoms with Gasteiger partial charge in [0.25, 0.3) is 0 Å². The molecule has 2 aromatic rings. The van der Waals surface area contributed by atoms with E-state index >= 15 is 0 Å². The lowest BCUT2D eigenvalue weighted by Gasteiger charge is -2.05. The summed E-state index contributed by atoms with van der Waals surface area (Å²) in [6.07, 6.45) is 2.82. The number of fused-ring (bicyclic) bond motifs is 1. The van der Waals surface area contributed by atoms with Crippen molar-refractivity contribution in [3.05, 3.63) is 36.5 Å². The van der Waals surface area contributed by atoms with E-state index in [0.29, 0.717) is 0 Å². The van der Waals surface area contributed by atoms with Gasteiger partial charge in [-0.3, -0.25) is 4.98 Å². The molecule has 3 heteroatoms. The van der Waals surface area contributed by atoms with Gasteiger partial charge in [0.1, 0.15) is 5.75 Å². The second-order valence-electron chi connectivity index (χ2n) is 3.25. The van der Waals surface area contributed by atoms with Crippen molar-refractivity contribution in [3.63, 3.8) is 0 Å². The van der Waals surface area contributed by atoms with Gasteiger partial charge in [0.2, 0.25) is 0 Å². The summed E-state index contributed by atoms with van der Waals surface area (Å²) in [5.41, 5.74) is 1.00. The first-order valence-corrected chi connectivity index (χ1v) is 6.06. The molecule has 1 aromatic carbocycles. The number of pyridine rings is 1. The number of benzene rings is 1. The number of halogens is 1. The van der Waals surface area contributed by atoms with E-state index in [9.17, 15) is 0 Å². The number of rotatable bonds is 4. The van der Waals surface area contributed by atoms with Crippen LogP contribution >= 0.6 is 15.9 Å². The van der Waals surface area contributed by atoms with Crippen LogP contribution in [0.5, 0.6) is 5.75 Å². The summed E-state index contributed by atoms with van der Waals surface area (Å²) in [5, 5.41) is 2.09. The van der Waals surface area contributed by atoms with Gasteiger partial charge < -0.3 is 4.74 Å². The van der Waals surface area contributed by atoms with Crippen molar-refractivity contribution in [1.82, 2.24) is 4.98 Å². The minimum atomic E-state index is 0.747. The maximum absolute atomic E-state index is 5.60. The molecule has 0 N–H and O–H groups in total. The van der Waals surface area contributed by atoms with E-state index in [-0.39, 0.29) is 0 Å². The molecule has 0 saturated heterocycles. The second-order valence-corrected chi connectivity index (χ2v) is 4.04. The number of hydrogen-bond acceptors (Lipinski definition) is 2. The van der Waals surface area contributed by atoms with Crippen molar-refractivity contribution >= 4 is 26.8 Å². The van der Waals surface area contributed by atoms with Gasteiger partial charge in [0.05, 0.1) is 12.1 Å². The van der Waals surface area contributed by atoms with Crippen LogP contribution in [0.15, 0.2) is 36.5 Å². The molecule has 0 aliphatic carbocycles. The quantitative estimate of drug-likeness (QED) is 0.625. The van der Waals surface area contributed by atoms with Gasteiger partial charge in [0, 0.05) is 16.9 Å². The predicted molar refractivity (Wildman–Crippen MR) is 65.6 cm³/mol. The molecule has 0 radical (unpaired) electrons. The molecule has 2 rings (SSSR count). The number of ether oxygens (including phenoxy) is 1. The number of nitrogens with zero attached hydrogens (tertiary/aromatic N) is 1. The fourth-order valence-electron chi connectivity index (χ4n) is 1.39. The van der Waals surface area contributed by atoms with Crippen LogP contribution in [0.2, 0.25) is 0 Å². The molecular formula is C12H12BrNO. The van der Waals surface area contributed by atoms with Gasteiger partial charge in [-0.25, -0.2) is 0 Å². The van der Waals surface area contributed by atoms with Crippen molar-refractivity contribution in [2.75, 3.05) is 11.9 Å². The van der Waals surface area contributed by atoms with E-state index in [1.807, 2.05) is 30.3 Å². The molecule has 0 amide bonds. The average molecular weight is 266 g/mol. The molecule has 0 aliphatic rings. The maximum Gasteiger partial charge on any atom is 0.120 e. The zero-order valence-corrected chi connectivity index (χ0v) is 9.90. The Kier molecular flexibility index (Phi) is 3.56. The summed E-state index contributed by atoms with van der Waals surface area (Å²) in [5.74, 6) is 0.913. The highest BCUT2D eigenvalue weighted by atomic mass is 79.9. The van der Waals surface area contributed by atoms with E-state index in [1.165, 1.54) is 0 Å². The molecule has 0 atom stereocenters. The lowest BCUT2D eigenvalue weighted by atomic mass is 10.2. The van der Waals surface area contributed by atoms with Gasteiger partial charge in [0.15, 0.2) is 0 Å². The Morgan fingerprint density at radius 2 is 2.20 bits per heavy atom. The lowest BCUT2D eigenvalue weighted by molar-refractivity contribution is 0.319. The van der Waals surface area contributed by atoms with Gasteiger partial charge in [-0.1, -0.05) is 22.0 Å². The zero-order chi connectivity index (χ0) is 10.5. The van der Waals surface area contributed by atoms with Crippen LogP contribution in [0.3, 0.4) is 0 Å². The van der Waals surface area contributed by atoms with Crippen LogP contribution < -0.4 is 4.74 Å². The van der Waals surface area contributed by atoms with Gasteiger partial charge in [-0.05, 0) is 30.7 Å². The Balaban J connectivity index is 2.16. The molecule has 0 bridgehead atoms. The standard InChI is InChI=1S/C12H12BrNO/c13-6-2-8-15-11-4-5-12-10(9-11)3-1-7-14-12/h1,3-5,7,9H,2,6,8H2. The minimum Gasteiger partial charge on any atom is -0.494 e. The fourth-order valence-corrected chi connectivity index (χ4v) is 1.62. The van der Waals surface area contributed by atoms with Gasteiger partial charge in [-0.15, -0.1) is 0 Å². The predicted octanol–water partition coefficient (Wildman–Crippen LogP) is 3.40. The van der Waals surface area contributed by atoms with Crippen LogP contribution in [-0.4, -0.2) is 16.9 Å². The van der Waals surface area contributed by atoms with Crippen molar-refractivity contribution in [2.45, 2.75) is 6.42 Å². The van der Waals surface area contributed by atoms with E-state index in [4.69, 9.17) is 4.74 Å². The third-order valence-corrected chi connectivity index (χ3v) is 2.68. The fraction of sp³-hybridized carbons (Fsp3) is 0.250. The molecule has 15 heavy (non-hydrogen) atoms. The molecule has 0 spiro atoms. The number of hydrogen-bond donors (Lipinski definition) is 0. The molecule has 0 unspecified atom stereocenters. The maximum atomic E-state index is 5.60. The second kappa shape index (κ2) is 5.12. The summed E-state index contributed by atoms with van der Waals surface area (Å²) >= 11 is 3.37. The highest BCUT2D eigenvalue weighted by molar-refractivity contribution is 9.09. The van der Waals surface area contributed by atoms with Crippen molar-refractivity contribution < 1.29 is 4.74 Å². The molecule has 1 heterocycles. The normalized spacial score (nSPS) is 10.5. The zero-order valence-electron chi connectivity index (χ0n) is 8.32. The average Bonchev–Trinajstić information content (AvgIpc) is 2.29. The summed E-state index contributed by atoms with van der Waals surface area (Å²) in [7, 11) is 0. The molecule has 2 nitrogen and oxygen atoms in total. The smallest absolute Gasteiger partial charge is 0.120 e. The van der Waals surface area contributed by atoms with Crippen LogP contribution in [0.4, 0.5) is 0 Å². The summed E-state index contributed by atoms with van der Waals surface area (Å²) in [6, 6.07) is 9.95. The van der Waals surface area contributed by atoms with E-state index < -0.39 is 0 Å². The third kappa shape index (κ3) is 2.69. The van der Waals surface area contributed by atoms with Crippen molar-refractivity contribution in [3.8, 4) is 5.75 Å². The first-order valence-electron chi connectivity index (χ1n) is 4.94. The van der Waals surface area contributed by atoms with Crippen LogP contribution in [0, 0.1) is 0 Å². The topological polar surface area (TPSA) is 22.1 Å². The highest BCUT2D eigenvalue weighted by Gasteiger charge is 1.97. The SMILES string of the molecule is BrCCCOc1ccc2ncccc2c1. The largest absolute Gasteiger partial charge is 0.494 e. The molecule has 1 aromatic heterocycles. The van der Waals surface area contributed by atoms with E-state index in [2.05, 4.69) is 20.9 Å². The Labute approximate surface area is 97.4 Å². The Morgan fingerprint density at radius 1 is 1.27 bits per heavy atom. The van der Waals surface area contributed by atoms with Crippen molar-refractivity contribution in [2.24, 2.45) is 0 Å². The Bertz CT molecular complexity index is 444. The lowest BCUT2D eigenvalue weighted by Crippen LogP contribution is -1.97. The third-order valence-electron chi connectivity index (χ3n) is 2.12. The Hall–Kier alpha value is -1.09. The summed E-state index contributed by atoms with van der Waals surface area (Å²) in [6.45, 7) is 0.747. The summed E-state index contributed by atoms with van der Waals surface area (Å²) < 4.78 is 5.60. The first-order chi connectivity index (χ1) is 7.40. The Morgan fingerprint density at radius 3 is 3.07 bits per heavy atom. The summed E-state index contributed by atoms with van der Waals surface area (Å²) in [4.78, 5) is 4.26. The monoisotopic (exact) mass is 265 g/mol. The van der Waals surface area contributed by atoms with E-state index in [1.54, 1.807) is 6.20 Å². The van der Waals surface area contributed by atoms with Crippen LogP contribution in [0.1, 0.15) is 6.42 Å². The van der Waals surface area contributed by atoms with Crippen LogP contribution in [-0.2, 0) is 0 Å². The molecule has 0 fully saturated rings. The molecular weight excluding hydrogens is 254 g/mol. The number of aromatic nitrogens is 1. The number of alkyl halides is 1. The highest BCUT2D eigenvalue weighted by Crippen LogP contribution is 2.18. The molecule has 0 aliphatic heterocycles. The minimum absolute atomic E-state index is 0.747.